The third kappa shape index (κ3) is 3.96. The minimum absolute atomic E-state index is 0.123. The summed E-state index contributed by atoms with van der Waals surface area (Å²) in [6, 6.07) is 17.5. The zero-order valence-corrected chi connectivity index (χ0v) is 16.5. The molecule has 1 aromatic heterocycles. The fourth-order valence-electron chi connectivity index (χ4n) is 3.80. The Morgan fingerprint density at radius 3 is 2.61 bits per heavy atom. The molecule has 2 aromatic carbocycles. The van der Waals surface area contributed by atoms with Gasteiger partial charge in [0.05, 0.1) is 18.7 Å². The maximum atomic E-state index is 13.6. The number of carbonyl (C=O) groups is 1. The maximum Gasteiger partial charge on any atom is 0.232 e. The summed E-state index contributed by atoms with van der Waals surface area (Å²) in [6.45, 7) is 1.96. The number of anilines is 1. The van der Waals surface area contributed by atoms with E-state index in [0.29, 0.717) is 18.1 Å². The fourth-order valence-corrected chi connectivity index (χ4v) is 3.92. The van der Waals surface area contributed by atoms with Crippen LogP contribution in [0.5, 0.6) is 0 Å². The van der Waals surface area contributed by atoms with Crippen molar-refractivity contribution in [2.45, 2.75) is 12.5 Å². The summed E-state index contributed by atoms with van der Waals surface area (Å²) in [5.74, 6) is 0.120. The van der Waals surface area contributed by atoms with Crippen LogP contribution in [0.15, 0.2) is 67.0 Å². The monoisotopic (exact) mass is 394 g/mol. The summed E-state index contributed by atoms with van der Waals surface area (Å²) in [4.78, 5) is 15.5. The molecule has 4 rings (SSSR count). The highest BCUT2D eigenvalue weighted by Gasteiger charge is 2.37. The summed E-state index contributed by atoms with van der Waals surface area (Å²) in [7, 11) is 1.90. The van der Waals surface area contributed by atoms with Gasteiger partial charge in [-0.15, -0.1) is 0 Å². The third-order valence-corrected chi connectivity index (χ3v) is 5.52. The number of amides is 1. The standard InChI is InChI=1S/C22H23ClN4O/c1-26-15-17(11-25-26)20-12-24-13-21(20)22(28)27(19-5-3-2-4-6-19)14-16-7-9-18(23)10-8-16/h2-11,15,20-21,24H,12-14H2,1H3/t20-,21+/m1/s1. The number of aromatic nitrogens is 2. The van der Waals surface area contributed by atoms with Gasteiger partial charge in [0, 0.05) is 43.0 Å². The molecule has 0 unspecified atom stereocenters. The van der Waals surface area contributed by atoms with Crippen molar-refractivity contribution in [1.82, 2.24) is 15.1 Å². The van der Waals surface area contributed by atoms with Crippen molar-refractivity contribution in [3.63, 3.8) is 0 Å². The molecule has 6 heteroatoms. The summed E-state index contributed by atoms with van der Waals surface area (Å²) < 4.78 is 1.79. The van der Waals surface area contributed by atoms with Crippen molar-refractivity contribution in [3.8, 4) is 0 Å². The fraction of sp³-hybridized carbons (Fsp3) is 0.273. The average molecular weight is 395 g/mol. The number of hydrogen-bond donors (Lipinski definition) is 1. The Hall–Kier alpha value is -2.63. The van der Waals surface area contributed by atoms with E-state index in [-0.39, 0.29) is 17.7 Å². The van der Waals surface area contributed by atoms with Crippen molar-refractivity contribution in [2.24, 2.45) is 13.0 Å². The smallest absolute Gasteiger partial charge is 0.232 e. The van der Waals surface area contributed by atoms with Crippen molar-refractivity contribution in [3.05, 3.63) is 83.1 Å². The molecule has 0 bridgehead atoms. The van der Waals surface area contributed by atoms with Crippen LogP contribution < -0.4 is 10.2 Å². The number of halogens is 1. The zero-order chi connectivity index (χ0) is 19.5. The number of benzene rings is 2. The van der Waals surface area contributed by atoms with Crippen LogP contribution in [0, 0.1) is 5.92 Å². The van der Waals surface area contributed by atoms with Crippen LogP contribution in [0.25, 0.3) is 0 Å². The number of carbonyl (C=O) groups excluding carboxylic acids is 1. The topological polar surface area (TPSA) is 50.2 Å². The van der Waals surface area contributed by atoms with Gasteiger partial charge in [-0.3, -0.25) is 9.48 Å². The van der Waals surface area contributed by atoms with Crippen LogP contribution in [0.3, 0.4) is 0 Å². The Balaban J connectivity index is 1.63. The molecule has 1 amide bonds. The van der Waals surface area contributed by atoms with Gasteiger partial charge < -0.3 is 10.2 Å². The van der Waals surface area contributed by atoms with E-state index in [0.717, 1.165) is 23.4 Å². The molecule has 0 saturated carbocycles. The van der Waals surface area contributed by atoms with E-state index in [1.54, 1.807) is 4.68 Å². The molecule has 28 heavy (non-hydrogen) atoms. The molecule has 0 aliphatic carbocycles. The lowest BCUT2D eigenvalue weighted by Crippen LogP contribution is -2.38. The van der Waals surface area contributed by atoms with E-state index >= 15 is 0 Å². The first kappa shape index (κ1) is 18.7. The highest BCUT2D eigenvalue weighted by Crippen LogP contribution is 2.31. The first-order chi connectivity index (χ1) is 13.6. The third-order valence-electron chi connectivity index (χ3n) is 5.27. The maximum absolute atomic E-state index is 13.6. The molecule has 5 nitrogen and oxygen atoms in total. The summed E-state index contributed by atoms with van der Waals surface area (Å²) in [5.41, 5.74) is 3.05. The lowest BCUT2D eigenvalue weighted by Gasteiger charge is -2.28. The minimum atomic E-state index is -0.128. The van der Waals surface area contributed by atoms with Gasteiger partial charge in [-0.1, -0.05) is 41.9 Å². The Morgan fingerprint density at radius 2 is 1.93 bits per heavy atom. The Kier molecular flexibility index (Phi) is 5.46. The molecule has 1 fully saturated rings. The van der Waals surface area contributed by atoms with Gasteiger partial charge in [0.15, 0.2) is 0 Å². The Morgan fingerprint density at radius 1 is 1.18 bits per heavy atom. The van der Waals surface area contributed by atoms with Gasteiger partial charge >= 0.3 is 0 Å². The molecule has 1 N–H and O–H groups in total. The van der Waals surface area contributed by atoms with Gasteiger partial charge in [-0.05, 0) is 35.4 Å². The molecule has 0 radical (unpaired) electrons. The molecular weight excluding hydrogens is 372 g/mol. The number of para-hydroxylation sites is 1. The van der Waals surface area contributed by atoms with Gasteiger partial charge in [-0.25, -0.2) is 0 Å². The highest BCUT2D eigenvalue weighted by molar-refractivity contribution is 6.30. The number of nitrogens with one attached hydrogen (secondary N) is 1. The van der Waals surface area contributed by atoms with Crippen molar-refractivity contribution in [1.29, 1.82) is 0 Å². The number of aryl methyl sites for hydroxylation is 1. The molecule has 2 heterocycles. The highest BCUT2D eigenvalue weighted by atomic mass is 35.5. The molecule has 1 saturated heterocycles. The first-order valence-corrected chi connectivity index (χ1v) is 9.80. The number of nitrogens with zero attached hydrogens (tertiary/aromatic N) is 3. The van der Waals surface area contributed by atoms with E-state index in [1.807, 2.05) is 78.9 Å². The molecule has 1 aliphatic rings. The lowest BCUT2D eigenvalue weighted by atomic mass is 9.89. The number of hydrogen-bond acceptors (Lipinski definition) is 3. The van der Waals surface area contributed by atoms with Crippen molar-refractivity contribution >= 4 is 23.2 Å². The summed E-state index contributed by atoms with van der Waals surface area (Å²) in [6.07, 6.45) is 3.87. The second-order valence-corrected chi connectivity index (χ2v) is 7.64. The summed E-state index contributed by atoms with van der Waals surface area (Å²) >= 11 is 6.02. The van der Waals surface area contributed by atoms with Crippen molar-refractivity contribution < 1.29 is 4.79 Å². The molecule has 0 spiro atoms. The molecule has 3 aromatic rings. The van der Waals surface area contributed by atoms with E-state index in [9.17, 15) is 4.79 Å². The van der Waals surface area contributed by atoms with Crippen molar-refractivity contribution in [2.75, 3.05) is 18.0 Å². The largest absolute Gasteiger partial charge is 0.315 e. The van der Waals surface area contributed by atoms with E-state index in [2.05, 4.69) is 10.4 Å². The molecule has 2 atom stereocenters. The van der Waals surface area contributed by atoms with Gasteiger partial charge in [0.1, 0.15) is 0 Å². The van der Waals surface area contributed by atoms with Gasteiger partial charge in [0.2, 0.25) is 5.91 Å². The minimum Gasteiger partial charge on any atom is -0.315 e. The van der Waals surface area contributed by atoms with Crippen LogP contribution >= 0.6 is 11.6 Å². The normalized spacial score (nSPS) is 18.9. The quantitative estimate of drug-likeness (QED) is 0.719. The van der Waals surface area contributed by atoms with E-state index < -0.39 is 0 Å². The van der Waals surface area contributed by atoms with Crippen LogP contribution in [-0.4, -0.2) is 28.8 Å². The van der Waals surface area contributed by atoms with Gasteiger partial charge in [0.25, 0.3) is 0 Å². The molecule has 1 aliphatic heterocycles. The van der Waals surface area contributed by atoms with E-state index in [4.69, 9.17) is 11.6 Å². The predicted octanol–water partition coefficient (Wildman–Crippen LogP) is 3.61. The van der Waals surface area contributed by atoms with Crippen LogP contribution in [0.2, 0.25) is 5.02 Å². The van der Waals surface area contributed by atoms with Crippen LogP contribution in [0.4, 0.5) is 5.69 Å². The summed E-state index contributed by atoms with van der Waals surface area (Å²) in [5, 5.41) is 8.36. The molecular formula is C22H23ClN4O. The number of rotatable bonds is 5. The molecule has 144 valence electrons. The first-order valence-electron chi connectivity index (χ1n) is 9.42. The second kappa shape index (κ2) is 8.17. The lowest BCUT2D eigenvalue weighted by molar-refractivity contribution is -0.122. The van der Waals surface area contributed by atoms with Crippen LogP contribution in [-0.2, 0) is 18.4 Å². The van der Waals surface area contributed by atoms with E-state index in [1.165, 1.54) is 0 Å². The average Bonchev–Trinajstić information content (AvgIpc) is 3.36. The zero-order valence-electron chi connectivity index (χ0n) is 15.8. The Labute approximate surface area is 169 Å². The SMILES string of the molecule is Cn1cc([C@H]2CNC[C@@H]2C(=O)N(Cc2ccc(Cl)cc2)c2ccccc2)cn1. The second-order valence-electron chi connectivity index (χ2n) is 7.20. The Bertz CT molecular complexity index is 939. The van der Waals surface area contributed by atoms with Crippen LogP contribution in [0.1, 0.15) is 17.0 Å². The van der Waals surface area contributed by atoms with Gasteiger partial charge in [-0.2, -0.15) is 5.10 Å². The predicted molar refractivity (Wildman–Crippen MR) is 111 cm³/mol.